The van der Waals surface area contributed by atoms with E-state index in [4.69, 9.17) is 21.8 Å². The third-order valence-corrected chi connectivity index (χ3v) is 5.58. The van der Waals surface area contributed by atoms with Crippen LogP contribution in [-0.4, -0.2) is 8.42 Å². The molecular formula is C11H9BrClIN2O3S. The first-order valence-electron chi connectivity index (χ1n) is 5.29. The second kappa shape index (κ2) is 6.22. The van der Waals surface area contributed by atoms with Gasteiger partial charge in [-0.05, 0) is 56.7 Å². The lowest BCUT2D eigenvalue weighted by Gasteiger charge is -2.08. The van der Waals surface area contributed by atoms with Gasteiger partial charge in [-0.3, -0.25) is 4.72 Å². The van der Waals surface area contributed by atoms with Crippen molar-refractivity contribution in [2.24, 2.45) is 5.73 Å². The largest absolute Gasteiger partial charge is 0.452 e. The first-order chi connectivity index (χ1) is 9.33. The molecule has 0 atom stereocenters. The third-order valence-electron chi connectivity index (χ3n) is 2.37. The van der Waals surface area contributed by atoms with Crippen LogP contribution in [-0.2, 0) is 16.6 Å². The highest BCUT2D eigenvalue weighted by Gasteiger charge is 2.23. The lowest BCUT2D eigenvalue weighted by molar-refractivity contribution is 0.484. The Morgan fingerprint density at radius 1 is 1.40 bits per heavy atom. The van der Waals surface area contributed by atoms with Crippen LogP contribution < -0.4 is 10.5 Å². The number of halogens is 3. The smallest absolute Gasteiger partial charge is 0.266 e. The fourth-order valence-electron chi connectivity index (χ4n) is 1.45. The SMILES string of the molecule is NCc1cc(S(=O)(=O)Nc2ccc(I)cc2Cl)c(Br)o1. The fourth-order valence-corrected chi connectivity index (χ4v) is 4.49. The molecular weight excluding hydrogens is 482 g/mol. The number of rotatable bonds is 4. The minimum Gasteiger partial charge on any atom is -0.452 e. The van der Waals surface area contributed by atoms with Crippen LogP contribution in [0.15, 0.2) is 38.2 Å². The topological polar surface area (TPSA) is 85.3 Å². The average Bonchev–Trinajstić information content (AvgIpc) is 2.75. The van der Waals surface area contributed by atoms with Crippen molar-refractivity contribution in [2.45, 2.75) is 11.4 Å². The van der Waals surface area contributed by atoms with E-state index in [0.29, 0.717) is 16.5 Å². The van der Waals surface area contributed by atoms with Crippen molar-refractivity contribution in [1.29, 1.82) is 0 Å². The van der Waals surface area contributed by atoms with Gasteiger partial charge in [0.25, 0.3) is 10.0 Å². The van der Waals surface area contributed by atoms with Gasteiger partial charge in [0.2, 0.25) is 0 Å². The Hall–Kier alpha value is -0.290. The Morgan fingerprint density at radius 2 is 2.10 bits per heavy atom. The summed E-state index contributed by atoms with van der Waals surface area (Å²) < 4.78 is 33.2. The summed E-state index contributed by atoms with van der Waals surface area (Å²) in [4.78, 5) is -0.0208. The van der Waals surface area contributed by atoms with Crippen LogP contribution in [0.5, 0.6) is 0 Å². The Balaban J connectivity index is 2.38. The fraction of sp³-hybridized carbons (Fsp3) is 0.0909. The van der Waals surface area contributed by atoms with Crippen molar-refractivity contribution in [1.82, 2.24) is 0 Å². The highest BCUT2D eigenvalue weighted by atomic mass is 127. The first kappa shape index (κ1) is 16.1. The predicted octanol–water partition coefficient (Wildman–Crippen LogP) is 3.56. The van der Waals surface area contributed by atoms with Crippen LogP contribution in [0.4, 0.5) is 5.69 Å². The maximum Gasteiger partial charge on any atom is 0.266 e. The molecule has 9 heteroatoms. The summed E-state index contributed by atoms with van der Waals surface area (Å²) in [6.07, 6.45) is 0. The first-order valence-corrected chi connectivity index (χ1v) is 9.03. The van der Waals surface area contributed by atoms with Crippen molar-refractivity contribution in [3.63, 3.8) is 0 Å². The van der Waals surface area contributed by atoms with Crippen LogP contribution in [0.3, 0.4) is 0 Å². The molecule has 1 heterocycles. The molecule has 0 fully saturated rings. The van der Waals surface area contributed by atoms with Gasteiger partial charge in [-0.2, -0.15) is 0 Å². The van der Waals surface area contributed by atoms with Gasteiger partial charge in [0.15, 0.2) is 4.67 Å². The molecule has 0 aliphatic heterocycles. The molecule has 3 N–H and O–H groups in total. The van der Waals surface area contributed by atoms with E-state index in [1.54, 1.807) is 18.2 Å². The summed E-state index contributed by atoms with van der Waals surface area (Å²) in [5.41, 5.74) is 5.72. The number of hydrogen-bond acceptors (Lipinski definition) is 4. The van der Waals surface area contributed by atoms with Crippen molar-refractivity contribution in [2.75, 3.05) is 4.72 Å². The molecule has 0 aliphatic rings. The number of benzene rings is 1. The van der Waals surface area contributed by atoms with Gasteiger partial charge >= 0.3 is 0 Å². The minimum atomic E-state index is -3.80. The van der Waals surface area contributed by atoms with E-state index in [9.17, 15) is 8.42 Å². The number of sulfonamides is 1. The molecule has 0 aliphatic carbocycles. The molecule has 0 amide bonds. The van der Waals surface area contributed by atoms with E-state index in [1.165, 1.54) is 6.07 Å². The molecule has 2 aromatic rings. The number of hydrogen-bond donors (Lipinski definition) is 2. The normalized spacial score (nSPS) is 11.6. The Kier molecular flexibility index (Phi) is 5.00. The molecule has 0 bridgehead atoms. The summed E-state index contributed by atoms with van der Waals surface area (Å²) in [5.74, 6) is 0.367. The Bertz CT molecular complexity index is 748. The van der Waals surface area contributed by atoms with E-state index < -0.39 is 10.0 Å². The highest BCUT2D eigenvalue weighted by molar-refractivity contribution is 14.1. The van der Waals surface area contributed by atoms with Crippen molar-refractivity contribution >= 4 is 65.8 Å². The summed E-state index contributed by atoms with van der Waals surface area (Å²) >= 11 is 11.2. The quantitative estimate of drug-likeness (QED) is 0.641. The molecule has 0 saturated carbocycles. The van der Waals surface area contributed by atoms with Crippen molar-refractivity contribution < 1.29 is 12.8 Å². The second-order valence-corrected chi connectivity index (χ2v) is 7.81. The van der Waals surface area contributed by atoms with Crippen LogP contribution in [0, 0.1) is 3.57 Å². The zero-order valence-corrected chi connectivity index (χ0v) is 15.2. The van der Waals surface area contributed by atoms with Gasteiger partial charge in [0, 0.05) is 9.64 Å². The van der Waals surface area contributed by atoms with Crippen LogP contribution in [0.25, 0.3) is 0 Å². The van der Waals surface area contributed by atoms with E-state index in [0.717, 1.165) is 3.57 Å². The molecule has 0 unspecified atom stereocenters. The zero-order valence-electron chi connectivity index (χ0n) is 9.86. The monoisotopic (exact) mass is 490 g/mol. The van der Waals surface area contributed by atoms with Gasteiger partial charge in [-0.15, -0.1) is 0 Å². The molecule has 108 valence electrons. The van der Waals surface area contributed by atoms with Gasteiger partial charge in [0.1, 0.15) is 10.7 Å². The molecule has 0 radical (unpaired) electrons. The standard InChI is InChI=1S/C11H9BrClIN2O3S/c12-11-10(4-7(5-15)19-11)20(17,18)16-9-2-1-6(14)3-8(9)13/h1-4,16H,5,15H2. The highest BCUT2D eigenvalue weighted by Crippen LogP contribution is 2.30. The molecule has 2 rings (SSSR count). The molecule has 0 saturated heterocycles. The summed E-state index contributed by atoms with van der Waals surface area (Å²) in [6, 6.07) is 6.38. The van der Waals surface area contributed by atoms with E-state index in [-0.39, 0.29) is 16.1 Å². The molecule has 1 aromatic heterocycles. The molecule has 20 heavy (non-hydrogen) atoms. The second-order valence-electron chi connectivity index (χ2n) is 3.78. The molecule has 1 aromatic carbocycles. The van der Waals surface area contributed by atoms with E-state index in [2.05, 4.69) is 43.2 Å². The van der Waals surface area contributed by atoms with Gasteiger partial charge < -0.3 is 10.2 Å². The van der Waals surface area contributed by atoms with Crippen molar-refractivity contribution in [3.05, 3.63) is 43.3 Å². The van der Waals surface area contributed by atoms with Gasteiger partial charge in [-0.1, -0.05) is 11.6 Å². The Morgan fingerprint density at radius 3 is 2.65 bits per heavy atom. The number of nitrogens with one attached hydrogen (secondary N) is 1. The summed E-state index contributed by atoms with van der Waals surface area (Å²) in [7, 11) is -3.80. The zero-order chi connectivity index (χ0) is 14.9. The maximum absolute atomic E-state index is 12.3. The van der Waals surface area contributed by atoms with Gasteiger partial charge in [0.05, 0.1) is 17.3 Å². The van der Waals surface area contributed by atoms with Crippen molar-refractivity contribution in [3.8, 4) is 0 Å². The predicted molar refractivity (Wildman–Crippen MR) is 89.3 cm³/mol. The van der Waals surface area contributed by atoms with Gasteiger partial charge in [-0.25, -0.2) is 8.42 Å². The maximum atomic E-state index is 12.3. The number of nitrogens with two attached hydrogens (primary N) is 1. The molecule has 0 spiro atoms. The lowest BCUT2D eigenvalue weighted by Crippen LogP contribution is -2.13. The number of anilines is 1. The van der Waals surface area contributed by atoms with Crippen LogP contribution in [0.2, 0.25) is 5.02 Å². The minimum absolute atomic E-state index is 0.0208. The average molecular weight is 492 g/mol. The third kappa shape index (κ3) is 3.48. The summed E-state index contributed by atoms with van der Waals surface area (Å²) in [5, 5.41) is 0.319. The lowest BCUT2D eigenvalue weighted by atomic mass is 10.3. The Labute approximate surface area is 143 Å². The van der Waals surface area contributed by atoms with E-state index in [1.807, 2.05) is 0 Å². The summed E-state index contributed by atoms with van der Waals surface area (Å²) in [6.45, 7) is 0.110. The van der Waals surface area contributed by atoms with E-state index >= 15 is 0 Å². The number of furan rings is 1. The molecule has 5 nitrogen and oxygen atoms in total. The van der Waals surface area contributed by atoms with Crippen LogP contribution in [0.1, 0.15) is 5.76 Å². The van der Waals surface area contributed by atoms with Crippen LogP contribution >= 0.6 is 50.1 Å².